The van der Waals surface area contributed by atoms with Crippen LogP contribution in [0.5, 0.6) is 0 Å². The van der Waals surface area contributed by atoms with Crippen molar-refractivity contribution in [1.29, 1.82) is 0 Å². The van der Waals surface area contributed by atoms with E-state index in [4.69, 9.17) is 11.6 Å². The summed E-state index contributed by atoms with van der Waals surface area (Å²) in [5.41, 5.74) is 0.585. The summed E-state index contributed by atoms with van der Waals surface area (Å²) in [6.07, 6.45) is 2.87. The van der Waals surface area contributed by atoms with Crippen molar-refractivity contribution in [2.75, 3.05) is 5.33 Å². The first kappa shape index (κ1) is 9.93. The average Bonchev–Trinajstić information content (AvgIpc) is 2.07. The van der Waals surface area contributed by atoms with E-state index in [0.717, 1.165) is 11.8 Å². The number of pyridine rings is 1. The van der Waals surface area contributed by atoms with Gasteiger partial charge >= 0.3 is 0 Å². The molecular weight excluding hydrogens is 244 g/mol. The summed E-state index contributed by atoms with van der Waals surface area (Å²) >= 11 is 8.93. The van der Waals surface area contributed by atoms with Crippen molar-refractivity contribution >= 4 is 27.5 Å². The predicted octanol–water partition coefficient (Wildman–Crippen LogP) is 3.20. The summed E-state index contributed by atoms with van der Waals surface area (Å²) in [4.78, 5) is 3.52. The molecule has 0 unspecified atom stereocenters. The number of halogens is 3. The van der Waals surface area contributed by atoms with Crippen LogP contribution in [0.3, 0.4) is 0 Å². The predicted molar refractivity (Wildman–Crippen MR) is 51.3 cm³/mol. The first-order valence-corrected chi connectivity index (χ1v) is 5.10. The van der Waals surface area contributed by atoms with E-state index < -0.39 is 5.95 Å². The molecule has 0 amide bonds. The first-order chi connectivity index (χ1) is 5.74. The summed E-state index contributed by atoms with van der Waals surface area (Å²) in [7, 11) is 0. The number of hydrogen-bond acceptors (Lipinski definition) is 1. The second-order valence-corrected chi connectivity index (χ2v) is 3.63. The van der Waals surface area contributed by atoms with Gasteiger partial charge in [0.05, 0.1) is 5.02 Å². The lowest BCUT2D eigenvalue weighted by Gasteiger charge is -2.00. The van der Waals surface area contributed by atoms with E-state index in [1.54, 1.807) is 6.07 Å². The number of aromatic nitrogens is 1. The van der Waals surface area contributed by atoms with Gasteiger partial charge in [0.15, 0.2) is 0 Å². The Morgan fingerprint density at radius 3 is 3.00 bits per heavy atom. The van der Waals surface area contributed by atoms with Crippen molar-refractivity contribution in [3.05, 3.63) is 28.8 Å². The largest absolute Gasteiger partial charge is 0.227 e. The zero-order chi connectivity index (χ0) is 8.97. The zero-order valence-electron chi connectivity index (χ0n) is 6.36. The lowest BCUT2D eigenvalue weighted by Crippen LogP contribution is -1.94. The van der Waals surface area contributed by atoms with Crippen molar-refractivity contribution in [2.45, 2.75) is 12.8 Å². The van der Waals surface area contributed by atoms with Crippen molar-refractivity contribution in [3.63, 3.8) is 0 Å². The Morgan fingerprint density at radius 1 is 1.58 bits per heavy atom. The first-order valence-electron chi connectivity index (χ1n) is 3.60. The number of rotatable bonds is 3. The molecule has 1 rings (SSSR count). The minimum absolute atomic E-state index is 0.416. The van der Waals surface area contributed by atoms with Gasteiger partial charge in [-0.3, -0.25) is 0 Å². The molecular formula is C8H8BrClFN. The molecule has 0 aliphatic rings. The Morgan fingerprint density at radius 2 is 2.33 bits per heavy atom. The molecule has 0 fully saturated rings. The molecule has 1 heterocycles. The summed E-state index contributed by atoms with van der Waals surface area (Å²) in [6, 6.07) is 1.62. The van der Waals surface area contributed by atoms with Gasteiger partial charge in [0.25, 0.3) is 0 Å². The molecule has 12 heavy (non-hydrogen) atoms. The minimum Gasteiger partial charge on any atom is -0.227 e. The van der Waals surface area contributed by atoms with Gasteiger partial charge in [-0.1, -0.05) is 27.5 Å². The fraction of sp³-hybridized carbons (Fsp3) is 0.375. The van der Waals surface area contributed by atoms with Crippen LogP contribution < -0.4 is 0 Å². The highest BCUT2D eigenvalue weighted by molar-refractivity contribution is 9.09. The fourth-order valence-corrected chi connectivity index (χ4v) is 1.36. The Labute approximate surface area is 84.1 Å². The summed E-state index contributed by atoms with van der Waals surface area (Å²) < 4.78 is 12.9. The van der Waals surface area contributed by atoms with Crippen LogP contribution in [0.25, 0.3) is 0 Å². The molecule has 0 aliphatic heterocycles. The van der Waals surface area contributed by atoms with Crippen LogP contribution in [-0.2, 0) is 6.42 Å². The number of hydrogen-bond donors (Lipinski definition) is 0. The van der Waals surface area contributed by atoms with E-state index in [0.29, 0.717) is 17.0 Å². The Bertz CT molecular complexity index is 267. The highest BCUT2D eigenvalue weighted by Crippen LogP contribution is 2.13. The van der Waals surface area contributed by atoms with Gasteiger partial charge in [-0.15, -0.1) is 0 Å². The number of nitrogens with zero attached hydrogens (tertiary/aromatic N) is 1. The zero-order valence-corrected chi connectivity index (χ0v) is 8.70. The normalized spacial score (nSPS) is 10.2. The third-order valence-corrected chi connectivity index (χ3v) is 2.23. The lowest BCUT2D eigenvalue weighted by atomic mass is 10.2. The molecule has 4 heteroatoms. The Hall–Kier alpha value is -0.150. The molecule has 1 nitrogen and oxygen atoms in total. The van der Waals surface area contributed by atoms with Crippen LogP contribution in [0.2, 0.25) is 5.02 Å². The van der Waals surface area contributed by atoms with Crippen LogP contribution in [-0.4, -0.2) is 10.3 Å². The second kappa shape index (κ2) is 4.77. The van der Waals surface area contributed by atoms with Crippen LogP contribution in [0.4, 0.5) is 4.39 Å². The third-order valence-electron chi connectivity index (χ3n) is 1.46. The molecule has 66 valence electrons. The lowest BCUT2D eigenvalue weighted by molar-refractivity contribution is 0.565. The average molecular weight is 253 g/mol. The molecule has 0 N–H and O–H groups in total. The van der Waals surface area contributed by atoms with Gasteiger partial charge in [-0.25, -0.2) is 4.98 Å². The Balaban J connectivity index is 2.75. The Kier molecular flexibility index (Phi) is 3.95. The molecule has 0 aliphatic carbocycles. The van der Waals surface area contributed by atoms with Crippen LogP contribution >= 0.6 is 27.5 Å². The van der Waals surface area contributed by atoms with E-state index in [1.807, 2.05) is 0 Å². The molecule has 0 saturated carbocycles. The quantitative estimate of drug-likeness (QED) is 0.595. The monoisotopic (exact) mass is 251 g/mol. The van der Waals surface area contributed by atoms with Gasteiger partial charge < -0.3 is 0 Å². The van der Waals surface area contributed by atoms with Crippen LogP contribution in [0.15, 0.2) is 12.3 Å². The van der Waals surface area contributed by atoms with Gasteiger partial charge in [-0.05, 0) is 18.9 Å². The maximum atomic E-state index is 12.9. The van der Waals surface area contributed by atoms with Crippen molar-refractivity contribution in [3.8, 4) is 0 Å². The smallest absolute Gasteiger partial charge is 0.216 e. The summed E-state index contributed by atoms with van der Waals surface area (Å²) in [6.45, 7) is 0. The van der Waals surface area contributed by atoms with Crippen LogP contribution in [0.1, 0.15) is 12.0 Å². The molecule has 0 aromatic carbocycles. The topological polar surface area (TPSA) is 12.9 Å². The summed E-state index contributed by atoms with van der Waals surface area (Å²) in [5.74, 6) is -0.416. The van der Waals surface area contributed by atoms with Crippen molar-refractivity contribution in [2.24, 2.45) is 0 Å². The second-order valence-electron chi connectivity index (χ2n) is 2.40. The van der Waals surface area contributed by atoms with E-state index in [2.05, 4.69) is 20.9 Å². The highest BCUT2D eigenvalue weighted by atomic mass is 79.9. The third kappa shape index (κ3) is 2.72. The van der Waals surface area contributed by atoms with Crippen LogP contribution in [0, 0.1) is 5.95 Å². The van der Waals surface area contributed by atoms with E-state index >= 15 is 0 Å². The molecule has 0 saturated heterocycles. The SMILES string of the molecule is Fc1ncc(Cl)cc1CCCBr. The molecule has 0 bridgehead atoms. The van der Waals surface area contributed by atoms with E-state index in [-0.39, 0.29) is 0 Å². The number of alkyl halides is 1. The van der Waals surface area contributed by atoms with Gasteiger partial charge in [0, 0.05) is 17.1 Å². The van der Waals surface area contributed by atoms with Gasteiger partial charge in [-0.2, -0.15) is 4.39 Å². The number of aryl methyl sites for hydroxylation is 1. The highest BCUT2D eigenvalue weighted by Gasteiger charge is 2.03. The summed E-state index contributed by atoms with van der Waals surface area (Å²) in [5, 5.41) is 1.35. The van der Waals surface area contributed by atoms with Crippen molar-refractivity contribution in [1.82, 2.24) is 4.98 Å². The minimum atomic E-state index is -0.416. The fourth-order valence-electron chi connectivity index (χ4n) is 0.897. The maximum Gasteiger partial charge on any atom is 0.216 e. The molecule has 0 radical (unpaired) electrons. The van der Waals surface area contributed by atoms with E-state index in [9.17, 15) is 4.39 Å². The van der Waals surface area contributed by atoms with Crippen molar-refractivity contribution < 1.29 is 4.39 Å². The molecule has 0 atom stereocenters. The maximum absolute atomic E-state index is 12.9. The molecule has 1 aromatic heterocycles. The molecule has 1 aromatic rings. The van der Waals surface area contributed by atoms with E-state index in [1.165, 1.54) is 6.20 Å². The molecule has 0 spiro atoms. The standard InChI is InChI=1S/C8H8BrClFN/c9-3-1-2-6-4-7(10)5-12-8(6)11/h4-5H,1-3H2. The van der Waals surface area contributed by atoms with Gasteiger partial charge in [0.1, 0.15) is 0 Å². The van der Waals surface area contributed by atoms with Gasteiger partial charge in [0.2, 0.25) is 5.95 Å².